The lowest BCUT2D eigenvalue weighted by Gasteiger charge is -2.23. The maximum atomic E-state index is 11.8. The lowest BCUT2D eigenvalue weighted by atomic mass is 9.90. The van der Waals surface area contributed by atoms with E-state index in [1.165, 1.54) is 4.57 Å². The molecule has 0 aliphatic carbocycles. The SMILES string of the molecule is Cc1cccn(CC(=O)NCC(C)(C)CCO)c1=O. The summed E-state index contributed by atoms with van der Waals surface area (Å²) in [4.78, 5) is 23.6. The predicted molar refractivity (Wildman–Crippen MR) is 73.9 cm³/mol. The van der Waals surface area contributed by atoms with E-state index in [2.05, 4.69) is 5.32 Å². The molecule has 0 saturated carbocycles. The third-order valence-corrected chi connectivity index (χ3v) is 3.08. The summed E-state index contributed by atoms with van der Waals surface area (Å²) in [6.07, 6.45) is 2.23. The lowest BCUT2D eigenvalue weighted by molar-refractivity contribution is -0.122. The van der Waals surface area contributed by atoms with Crippen LogP contribution >= 0.6 is 0 Å². The average Bonchev–Trinajstić information content (AvgIpc) is 2.33. The van der Waals surface area contributed by atoms with Crippen LogP contribution in [0.1, 0.15) is 25.8 Å². The van der Waals surface area contributed by atoms with E-state index in [0.29, 0.717) is 18.5 Å². The maximum absolute atomic E-state index is 11.8. The Morgan fingerprint density at radius 3 is 2.79 bits per heavy atom. The molecule has 2 N–H and O–H groups in total. The van der Waals surface area contributed by atoms with Gasteiger partial charge in [-0.1, -0.05) is 19.9 Å². The van der Waals surface area contributed by atoms with Gasteiger partial charge in [0.1, 0.15) is 6.54 Å². The number of aliphatic hydroxyl groups excluding tert-OH is 1. The first kappa shape index (κ1) is 15.4. The number of carbonyl (C=O) groups is 1. The van der Waals surface area contributed by atoms with Crippen molar-refractivity contribution >= 4 is 5.91 Å². The molecule has 0 saturated heterocycles. The number of rotatable bonds is 6. The largest absolute Gasteiger partial charge is 0.396 e. The van der Waals surface area contributed by atoms with Crippen molar-refractivity contribution in [3.05, 3.63) is 34.2 Å². The third kappa shape index (κ3) is 4.87. The van der Waals surface area contributed by atoms with Crippen LogP contribution in [0.4, 0.5) is 0 Å². The van der Waals surface area contributed by atoms with Gasteiger partial charge in [0.15, 0.2) is 0 Å². The highest BCUT2D eigenvalue weighted by molar-refractivity contribution is 5.75. The molecule has 1 aromatic heterocycles. The molecule has 1 rings (SSSR count). The molecule has 0 fully saturated rings. The van der Waals surface area contributed by atoms with Gasteiger partial charge in [-0.25, -0.2) is 0 Å². The first-order valence-electron chi connectivity index (χ1n) is 6.39. The van der Waals surface area contributed by atoms with Crippen LogP contribution in [0.5, 0.6) is 0 Å². The highest BCUT2D eigenvalue weighted by atomic mass is 16.3. The topological polar surface area (TPSA) is 71.3 Å². The van der Waals surface area contributed by atoms with Gasteiger partial charge in [-0.15, -0.1) is 0 Å². The third-order valence-electron chi connectivity index (χ3n) is 3.08. The summed E-state index contributed by atoms with van der Waals surface area (Å²) in [5, 5.41) is 11.7. The summed E-state index contributed by atoms with van der Waals surface area (Å²) in [6.45, 7) is 6.27. The number of carbonyl (C=O) groups excluding carboxylic acids is 1. The van der Waals surface area contributed by atoms with Crippen LogP contribution in [-0.2, 0) is 11.3 Å². The molecule has 5 nitrogen and oxygen atoms in total. The zero-order valence-corrected chi connectivity index (χ0v) is 11.8. The van der Waals surface area contributed by atoms with Crippen LogP contribution < -0.4 is 10.9 Å². The Labute approximate surface area is 113 Å². The quantitative estimate of drug-likeness (QED) is 0.795. The Balaban J connectivity index is 2.57. The van der Waals surface area contributed by atoms with Crippen LogP contribution in [0.25, 0.3) is 0 Å². The molecule has 0 spiro atoms. The second-order valence-electron chi connectivity index (χ2n) is 5.54. The van der Waals surface area contributed by atoms with E-state index in [1.54, 1.807) is 25.3 Å². The molecule has 1 aromatic rings. The van der Waals surface area contributed by atoms with E-state index in [9.17, 15) is 9.59 Å². The van der Waals surface area contributed by atoms with Gasteiger partial charge >= 0.3 is 0 Å². The van der Waals surface area contributed by atoms with Gasteiger partial charge in [-0.05, 0) is 24.8 Å². The molecular formula is C14H22N2O3. The number of pyridine rings is 1. The molecule has 0 aliphatic rings. The molecule has 5 heteroatoms. The molecule has 0 bridgehead atoms. The Kier molecular flexibility index (Phi) is 5.30. The smallest absolute Gasteiger partial charge is 0.253 e. The van der Waals surface area contributed by atoms with Crippen molar-refractivity contribution in [2.24, 2.45) is 5.41 Å². The molecule has 1 amide bonds. The van der Waals surface area contributed by atoms with Gasteiger partial charge in [0, 0.05) is 24.9 Å². The van der Waals surface area contributed by atoms with E-state index in [1.807, 2.05) is 13.8 Å². The minimum Gasteiger partial charge on any atom is -0.396 e. The van der Waals surface area contributed by atoms with Gasteiger partial charge < -0.3 is 15.0 Å². The van der Waals surface area contributed by atoms with Crippen LogP contribution in [-0.4, -0.2) is 28.7 Å². The fourth-order valence-corrected chi connectivity index (χ4v) is 1.72. The van der Waals surface area contributed by atoms with Crippen LogP contribution in [0.3, 0.4) is 0 Å². The number of aryl methyl sites for hydroxylation is 1. The fourth-order valence-electron chi connectivity index (χ4n) is 1.72. The summed E-state index contributed by atoms with van der Waals surface area (Å²) < 4.78 is 1.39. The molecule has 0 atom stereocenters. The Bertz CT molecular complexity index is 492. The van der Waals surface area contributed by atoms with E-state index < -0.39 is 0 Å². The van der Waals surface area contributed by atoms with Crippen molar-refractivity contribution in [3.8, 4) is 0 Å². The van der Waals surface area contributed by atoms with Gasteiger partial charge in [-0.3, -0.25) is 9.59 Å². The number of aliphatic hydroxyl groups is 1. The predicted octanol–water partition coefficient (Wildman–Crippen LogP) is 0.682. The molecular weight excluding hydrogens is 244 g/mol. The number of hydrogen-bond acceptors (Lipinski definition) is 3. The summed E-state index contributed by atoms with van der Waals surface area (Å²) in [5.41, 5.74) is 0.324. The standard InChI is InChI=1S/C14H22N2O3/c1-11-5-4-7-16(13(11)19)9-12(18)15-10-14(2,3)6-8-17/h4-5,7,17H,6,8-10H2,1-3H3,(H,15,18). The van der Waals surface area contributed by atoms with Crippen LogP contribution in [0.15, 0.2) is 23.1 Å². The van der Waals surface area contributed by atoms with E-state index >= 15 is 0 Å². The zero-order chi connectivity index (χ0) is 14.5. The minimum atomic E-state index is -0.196. The van der Waals surface area contributed by atoms with Crippen molar-refractivity contribution in [1.29, 1.82) is 0 Å². The van der Waals surface area contributed by atoms with Gasteiger partial charge in [0.25, 0.3) is 5.56 Å². The lowest BCUT2D eigenvalue weighted by Crippen LogP contribution is -2.38. The van der Waals surface area contributed by atoms with Crippen LogP contribution in [0.2, 0.25) is 0 Å². The molecule has 106 valence electrons. The summed E-state index contributed by atoms with van der Waals surface area (Å²) >= 11 is 0. The fraction of sp³-hybridized carbons (Fsp3) is 0.571. The van der Waals surface area contributed by atoms with E-state index in [-0.39, 0.29) is 30.0 Å². The maximum Gasteiger partial charge on any atom is 0.253 e. The van der Waals surface area contributed by atoms with Gasteiger partial charge in [0.2, 0.25) is 5.91 Å². The van der Waals surface area contributed by atoms with Crippen molar-refractivity contribution in [3.63, 3.8) is 0 Å². The van der Waals surface area contributed by atoms with Crippen molar-refractivity contribution in [2.45, 2.75) is 33.7 Å². The normalized spacial score (nSPS) is 11.4. The second-order valence-corrected chi connectivity index (χ2v) is 5.54. The minimum absolute atomic E-state index is 0.0235. The second kappa shape index (κ2) is 6.52. The zero-order valence-electron chi connectivity index (χ0n) is 11.8. The Morgan fingerprint density at radius 1 is 1.47 bits per heavy atom. The summed E-state index contributed by atoms with van der Waals surface area (Å²) in [6, 6.07) is 3.47. The number of nitrogens with zero attached hydrogens (tertiary/aromatic N) is 1. The first-order chi connectivity index (χ1) is 8.85. The highest BCUT2D eigenvalue weighted by Crippen LogP contribution is 2.17. The van der Waals surface area contributed by atoms with Crippen molar-refractivity contribution in [1.82, 2.24) is 9.88 Å². The molecule has 0 aromatic carbocycles. The Morgan fingerprint density at radius 2 is 2.16 bits per heavy atom. The number of nitrogens with one attached hydrogen (secondary N) is 1. The van der Waals surface area contributed by atoms with E-state index in [0.717, 1.165) is 0 Å². The molecule has 1 heterocycles. The van der Waals surface area contributed by atoms with E-state index in [4.69, 9.17) is 5.11 Å². The average molecular weight is 266 g/mol. The number of hydrogen-bond donors (Lipinski definition) is 2. The van der Waals surface area contributed by atoms with Gasteiger partial charge in [0.05, 0.1) is 0 Å². The summed E-state index contributed by atoms with van der Waals surface area (Å²) in [7, 11) is 0. The number of amides is 1. The first-order valence-corrected chi connectivity index (χ1v) is 6.39. The van der Waals surface area contributed by atoms with Gasteiger partial charge in [-0.2, -0.15) is 0 Å². The molecule has 0 aliphatic heterocycles. The molecule has 0 radical (unpaired) electrons. The summed E-state index contributed by atoms with van der Waals surface area (Å²) in [5.74, 6) is -0.196. The monoisotopic (exact) mass is 266 g/mol. The highest BCUT2D eigenvalue weighted by Gasteiger charge is 2.18. The number of aromatic nitrogens is 1. The van der Waals surface area contributed by atoms with Crippen molar-refractivity contribution in [2.75, 3.05) is 13.2 Å². The van der Waals surface area contributed by atoms with Crippen LogP contribution in [0, 0.1) is 12.3 Å². The molecule has 0 unspecified atom stereocenters. The Hall–Kier alpha value is -1.62. The molecule has 19 heavy (non-hydrogen) atoms. The van der Waals surface area contributed by atoms with Crippen molar-refractivity contribution < 1.29 is 9.90 Å².